The Morgan fingerprint density at radius 3 is 1.92 bits per heavy atom. The lowest BCUT2D eigenvalue weighted by atomic mass is 9.97. The molecule has 2 aromatic rings. The van der Waals surface area contributed by atoms with Crippen molar-refractivity contribution in [2.24, 2.45) is 0 Å². The largest absolute Gasteiger partial charge is 0.462 e. The van der Waals surface area contributed by atoms with E-state index in [2.05, 4.69) is 15.4 Å². The van der Waals surface area contributed by atoms with E-state index in [0.29, 0.717) is 42.3 Å². The number of halogens is 9. The highest BCUT2D eigenvalue weighted by Crippen LogP contribution is 2.54. The van der Waals surface area contributed by atoms with Gasteiger partial charge in [-0.2, -0.15) is 39.5 Å². The molecule has 1 N–H and O–H groups in total. The van der Waals surface area contributed by atoms with Gasteiger partial charge in [0.2, 0.25) is 0 Å². The van der Waals surface area contributed by atoms with Crippen LogP contribution in [0.25, 0.3) is 11.0 Å². The molecule has 0 fully saturated rings. The summed E-state index contributed by atoms with van der Waals surface area (Å²) >= 11 is 0. The van der Waals surface area contributed by atoms with Crippen molar-refractivity contribution < 1.29 is 49.0 Å². The molecule has 0 spiro atoms. The molecule has 0 saturated carbocycles. The van der Waals surface area contributed by atoms with Crippen molar-refractivity contribution >= 4 is 17.0 Å². The topological polar surface area (TPSA) is 67.9 Å². The zero-order valence-electron chi connectivity index (χ0n) is 19.1. The molecule has 204 valence electrons. The highest BCUT2D eigenvalue weighted by molar-refractivity contribution is 5.93. The Labute approximate surface area is 200 Å². The third-order valence-electron chi connectivity index (χ3n) is 5.64. The van der Waals surface area contributed by atoms with Gasteiger partial charge in [-0.05, 0) is 31.0 Å². The second-order valence-electron chi connectivity index (χ2n) is 8.46. The van der Waals surface area contributed by atoms with E-state index >= 15 is 0 Å². The van der Waals surface area contributed by atoms with Crippen LogP contribution < -0.4 is 0 Å². The predicted molar refractivity (Wildman–Crippen MR) is 111 cm³/mol. The highest BCUT2D eigenvalue weighted by atomic mass is 19.4. The molecule has 0 aliphatic carbocycles. The van der Waals surface area contributed by atoms with Gasteiger partial charge in [0, 0.05) is 6.42 Å². The normalized spacial score (nSPS) is 13.4. The summed E-state index contributed by atoms with van der Waals surface area (Å²) in [6.07, 6.45) is -4.55. The Kier molecular flexibility index (Phi) is 10.0. The number of carbonyl (C=O) groups is 1. The van der Waals surface area contributed by atoms with Crippen molar-refractivity contribution in [3.8, 4) is 0 Å². The average Bonchev–Trinajstić information content (AvgIpc) is 3.26. The minimum Gasteiger partial charge on any atom is -0.462 e. The van der Waals surface area contributed by atoms with Crippen LogP contribution in [-0.4, -0.2) is 51.9 Å². The first-order valence-corrected chi connectivity index (χ1v) is 11.4. The zero-order chi connectivity index (χ0) is 27.0. The maximum absolute atomic E-state index is 13.4. The number of nitrogens with one attached hydrogen (secondary N) is 1. The van der Waals surface area contributed by atoms with Crippen LogP contribution in [0.4, 0.5) is 39.5 Å². The molecule has 0 aliphatic rings. The number of fused-ring (bicyclic) bond motifs is 1. The summed E-state index contributed by atoms with van der Waals surface area (Å²) in [5, 5.41) is 10.1. The lowest BCUT2D eigenvalue weighted by molar-refractivity contribution is -0.396. The first-order chi connectivity index (χ1) is 16.7. The number of carbonyl (C=O) groups excluding carboxylic acids is 1. The highest BCUT2D eigenvalue weighted by Gasteiger charge is 2.81. The lowest BCUT2D eigenvalue weighted by Crippen LogP contribution is -2.60. The molecule has 1 aromatic carbocycles. The van der Waals surface area contributed by atoms with Crippen molar-refractivity contribution in [1.82, 2.24) is 15.4 Å². The first kappa shape index (κ1) is 29.7. The van der Waals surface area contributed by atoms with Gasteiger partial charge in [0.05, 0.1) is 17.7 Å². The van der Waals surface area contributed by atoms with E-state index in [1.807, 2.05) is 0 Å². The SMILES string of the molecule is O=C(OCCCCCCCCCCCC(F)(F)C(F)(F)C(F)(F)C(F)(F)F)c1ccc2[nH]nnc2c1. The van der Waals surface area contributed by atoms with Gasteiger partial charge in [0.15, 0.2) is 0 Å². The Balaban J connectivity index is 1.52. The third kappa shape index (κ3) is 7.25. The number of benzene rings is 1. The Morgan fingerprint density at radius 2 is 1.33 bits per heavy atom. The van der Waals surface area contributed by atoms with Crippen molar-refractivity contribution in [2.75, 3.05) is 6.61 Å². The molecule has 1 aromatic heterocycles. The predicted octanol–water partition coefficient (Wildman–Crippen LogP) is 7.48. The number of hydrogen-bond acceptors (Lipinski definition) is 4. The fraction of sp³-hybridized carbons (Fsp3) is 0.682. The fourth-order valence-corrected chi connectivity index (χ4v) is 3.47. The summed E-state index contributed by atoms with van der Waals surface area (Å²) in [5.41, 5.74) is 1.59. The molecule has 0 bridgehead atoms. The van der Waals surface area contributed by atoms with E-state index in [1.54, 1.807) is 18.2 Å². The van der Waals surface area contributed by atoms with Gasteiger partial charge >= 0.3 is 29.9 Å². The number of esters is 1. The quantitative estimate of drug-likeness (QED) is 0.146. The maximum atomic E-state index is 13.4. The van der Waals surface area contributed by atoms with Crippen LogP contribution in [0, 0.1) is 0 Å². The van der Waals surface area contributed by atoms with Crippen molar-refractivity contribution in [2.45, 2.75) is 88.2 Å². The number of unbranched alkanes of at least 4 members (excludes halogenated alkanes) is 8. The van der Waals surface area contributed by atoms with E-state index in [1.165, 1.54) is 0 Å². The second-order valence-corrected chi connectivity index (χ2v) is 8.46. The van der Waals surface area contributed by atoms with E-state index in [0.717, 1.165) is 19.3 Å². The summed E-state index contributed by atoms with van der Waals surface area (Å²) in [6.45, 7) is 0.224. The summed E-state index contributed by atoms with van der Waals surface area (Å²) in [5.74, 6) is -19.3. The van der Waals surface area contributed by atoms with Crippen molar-refractivity contribution in [1.29, 1.82) is 0 Å². The lowest BCUT2D eigenvalue weighted by Gasteiger charge is -2.33. The number of alkyl halides is 9. The monoisotopic (exact) mass is 535 g/mol. The van der Waals surface area contributed by atoms with Crippen LogP contribution in [0.5, 0.6) is 0 Å². The molecule has 0 saturated heterocycles. The Hall–Kier alpha value is -2.54. The number of rotatable bonds is 15. The molecular weight excluding hydrogens is 509 g/mol. The molecule has 0 atom stereocenters. The first-order valence-electron chi connectivity index (χ1n) is 11.4. The maximum Gasteiger partial charge on any atom is 0.460 e. The molecule has 0 radical (unpaired) electrons. The van der Waals surface area contributed by atoms with Gasteiger partial charge in [-0.25, -0.2) is 4.79 Å². The number of aromatic nitrogens is 3. The number of aromatic amines is 1. The minimum atomic E-state index is -6.83. The van der Waals surface area contributed by atoms with Crippen molar-refractivity contribution in [3.63, 3.8) is 0 Å². The summed E-state index contributed by atoms with van der Waals surface area (Å²) in [4.78, 5) is 12.0. The van der Waals surface area contributed by atoms with Crippen LogP contribution in [0.15, 0.2) is 18.2 Å². The van der Waals surface area contributed by atoms with E-state index in [4.69, 9.17) is 4.74 Å². The van der Waals surface area contributed by atoms with Crippen molar-refractivity contribution in [3.05, 3.63) is 23.8 Å². The zero-order valence-corrected chi connectivity index (χ0v) is 19.1. The van der Waals surface area contributed by atoms with E-state index in [9.17, 15) is 44.3 Å². The molecule has 1 heterocycles. The molecule has 5 nitrogen and oxygen atoms in total. The molecule has 2 rings (SSSR count). The summed E-state index contributed by atoms with van der Waals surface area (Å²) < 4.78 is 120. The standard InChI is InChI=1S/C22H26F9N3O2/c23-19(24,20(25,26)21(27,28)22(29,30)31)12-8-6-4-2-1-3-5-7-9-13-36-18(35)15-10-11-16-17(14-15)33-34-32-16/h10-11,14H,1-9,12-13H2,(H,32,33,34). The van der Waals surface area contributed by atoms with E-state index in [-0.39, 0.29) is 13.0 Å². The van der Waals surface area contributed by atoms with Gasteiger partial charge in [-0.1, -0.05) is 50.2 Å². The average molecular weight is 535 g/mol. The van der Waals surface area contributed by atoms with Gasteiger partial charge in [-0.15, -0.1) is 5.10 Å². The van der Waals surface area contributed by atoms with Crippen LogP contribution in [-0.2, 0) is 4.74 Å². The molecule has 0 amide bonds. The number of hydrogen-bond donors (Lipinski definition) is 1. The van der Waals surface area contributed by atoms with Gasteiger partial charge in [0.25, 0.3) is 0 Å². The van der Waals surface area contributed by atoms with Gasteiger partial charge in [0.1, 0.15) is 5.52 Å². The van der Waals surface area contributed by atoms with Crippen LogP contribution >= 0.6 is 0 Å². The smallest absolute Gasteiger partial charge is 0.460 e. The molecular formula is C22H26F9N3O2. The summed E-state index contributed by atoms with van der Waals surface area (Å²) in [6, 6.07) is 4.82. The minimum absolute atomic E-state index is 0.000654. The van der Waals surface area contributed by atoms with Gasteiger partial charge < -0.3 is 4.74 Å². The Bertz CT molecular complexity index is 977. The Morgan fingerprint density at radius 1 is 0.778 bits per heavy atom. The molecule has 0 unspecified atom stereocenters. The summed E-state index contributed by atoms with van der Waals surface area (Å²) in [7, 11) is 0. The number of ether oxygens (including phenoxy) is 1. The van der Waals surface area contributed by atoms with Crippen LogP contribution in [0.3, 0.4) is 0 Å². The molecule has 0 aliphatic heterocycles. The molecule has 14 heteroatoms. The number of nitrogens with zero attached hydrogens (tertiary/aromatic N) is 2. The van der Waals surface area contributed by atoms with Crippen LogP contribution in [0.2, 0.25) is 0 Å². The number of H-pyrrole nitrogens is 1. The molecule has 36 heavy (non-hydrogen) atoms. The third-order valence-corrected chi connectivity index (χ3v) is 5.64. The van der Waals surface area contributed by atoms with E-state index < -0.39 is 42.8 Å². The second kappa shape index (κ2) is 12.1. The van der Waals surface area contributed by atoms with Gasteiger partial charge in [-0.3, -0.25) is 5.10 Å². The van der Waals surface area contributed by atoms with Crippen LogP contribution in [0.1, 0.15) is 74.6 Å². The fourth-order valence-electron chi connectivity index (χ4n) is 3.47.